The van der Waals surface area contributed by atoms with E-state index in [1.54, 1.807) is 0 Å². The van der Waals surface area contributed by atoms with Crippen molar-refractivity contribution in [2.45, 2.75) is 24.8 Å². The minimum absolute atomic E-state index is 0.0219. The third-order valence-electron chi connectivity index (χ3n) is 6.80. The predicted molar refractivity (Wildman–Crippen MR) is 117 cm³/mol. The molecule has 0 aliphatic heterocycles. The summed E-state index contributed by atoms with van der Waals surface area (Å²) in [7, 11) is 0. The van der Waals surface area contributed by atoms with E-state index >= 15 is 0 Å². The predicted octanol–water partition coefficient (Wildman–Crippen LogP) is 4.55. The first-order valence-corrected chi connectivity index (χ1v) is 10.5. The van der Waals surface area contributed by atoms with Gasteiger partial charge in [0.15, 0.2) is 0 Å². The van der Waals surface area contributed by atoms with Crippen LogP contribution in [0.4, 0.5) is 4.79 Å². The summed E-state index contributed by atoms with van der Waals surface area (Å²) in [6.45, 7) is 0.183. The summed E-state index contributed by atoms with van der Waals surface area (Å²) < 4.78 is 0. The number of nitrogens with zero attached hydrogens (tertiary/aromatic N) is 1. The van der Waals surface area contributed by atoms with Crippen molar-refractivity contribution in [3.63, 3.8) is 0 Å². The summed E-state index contributed by atoms with van der Waals surface area (Å²) in [6.07, 6.45) is 0.651. The molecule has 30 heavy (non-hydrogen) atoms. The third-order valence-corrected chi connectivity index (χ3v) is 6.80. The lowest BCUT2D eigenvalue weighted by atomic mass is 9.92. The minimum atomic E-state index is -0.966. The Labute approximate surface area is 176 Å². The summed E-state index contributed by atoms with van der Waals surface area (Å²) in [4.78, 5) is 13.8. The van der Waals surface area contributed by atoms with Crippen LogP contribution in [0.25, 0.3) is 11.1 Å². The highest BCUT2D eigenvalue weighted by molar-refractivity contribution is 5.79. The van der Waals surface area contributed by atoms with Gasteiger partial charge in [-0.25, -0.2) is 4.79 Å². The molecule has 0 spiro atoms. The highest BCUT2D eigenvalue weighted by Crippen LogP contribution is 2.45. The molecule has 4 nitrogen and oxygen atoms in total. The Balaban J connectivity index is 1.47. The van der Waals surface area contributed by atoms with Gasteiger partial charge in [0, 0.05) is 12.5 Å². The number of carboxylic acid groups (broad SMARTS) is 1. The molecule has 0 saturated carbocycles. The lowest BCUT2D eigenvalue weighted by molar-refractivity contribution is 0.0710. The molecule has 0 aromatic heterocycles. The summed E-state index contributed by atoms with van der Waals surface area (Å²) in [5.74, 6) is 0.0710. The lowest BCUT2D eigenvalue weighted by Crippen LogP contribution is -2.48. The maximum Gasteiger partial charge on any atom is 0.407 e. The fourth-order valence-corrected chi connectivity index (χ4v) is 5.38. The molecule has 0 radical (unpaired) electrons. The first-order valence-electron chi connectivity index (χ1n) is 10.5. The maximum absolute atomic E-state index is 12.4. The number of rotatable bonds is 5. The van der Waals surface area contributed by atoms with Crippen LogP contribution in [0.5, 0.6) is 0 Å². The van der Waals surface area contributed by atoms with Gasteiger partial charge in [-0.1, -0.05) is 72.8 Å². The van der Waals surface area contributed by atoms with E-state index in [0.29, 0.717) is 6.54 Å². The van der Waals surface area contributed by atoms with Crippen LogP contribution in [0, 0.1) is 5.92 Å². The van der Waals surface area contributed by atoms with Crippen LogP contribution in [0.1, 0.15) is 28.2 Å². The van der Waals surface area contributed by atoms with Gasteiger partial charge in [0.2, 0.25) is 0 Å². The van der Waals surface area contributed by atoms with E-state index in [2.05, 4.69) is 36.4 Å². The van der Waals surface area contributed by atoms with Crippen LogP contribution in [0.15, 0.2) is 72.8 Å². The number of amides is 1. The van der Waals surface area contributed by atoms with Gasteiger partial charge in [-0.15, -0.1) is 0 Å². The van der Waals surface area contributed by atoms with E-state index < -0.39 is 12.1 Å². The summed E-state index contributed by atoms with van der Waals surface area (Å²) in [5.41, 5.74) is 7.22. The number of carbonyl (C=O) groups is 1. The molecule has 1 atom stereocenters. The van der Waals surface area contributed by atoms with E-state index in [0.717, 1.165) is 24.0 Å². The highest BCUT2D eigenvalue weighted by Gasteiger charge is 2.38. The average Bonchev–Trinajstić information content (AvgIpc) is 3.33. The Kier molecular flexibility index (Phi) is 4.80. The van der Waals surface area contributed by atoms with Gasteiger partial charge in [0.25, 0.3) is 0 Å². The van der Waals surface area contributed by atoms with Gasteiger partial charge in [-0.3, -0.25) is 0 Å². The van der Waals surface area contributed by atoms with Crippen molar-refractivity contribution in [2.24, 2.45) is 5.92 Å². The fourth-order valence-electron chi connectivity index (χ4n) is 5.38. The van der Waals surface area contributed by atoms with Crippen molar-refractivity contribution in [1.82, 2.24) is 4.90 Å². The van der Waals surface area contributed by atoms with E-state index in [1.807, 2.05) is 36.4 Å². The highest BCUT2D eigenvalue weighted by atomic mass is 16.4. The van der Waals surface area contributed by atoms with E-state index in [1.165, 1.54) is 27.2 Å². The van der Waals surface area contributed by atoms with Crippen molar-refractivity contribution in [3.05, 3.63) is 95.1 Å². The zero-order valence-corrected chi connectivity index (χ0v) is 16.7. The standard InChI is InChI=1S/C26H25NO3/c28-16-25(19-13-17-7-1-2-8-18(17)14-19)27(26(29)30)15-24-22-11-5-3-9-20(22)21-10-4-6-12-23(21)24/h1-12,19,24-25,28H,13-16H2,(H,29,30)/t25-/m1/s1. The molecule has 2 aliphatic rings. The molecule has 0 fully saturated rings. The monoisotopic (exact) mass is 399 g/mol. The third kappa shape index (κ3) is 3.08. The zero-order chi connectivity index (χ0) is 20.7. The number of fused-ring (bicyclic) bond motifs is 4. The van der Waals surface area contributed by atoms with Crippen molar-refractivity contribution >= 4 is 6.09 Å². The zero-order valence-electron chi connectivity index (χ0n) is 16.7. The smallest absolute Gasteiger partial charge is 0.407 e. The molecule has 152 valence electrons. The summed E-state index contributed by atoms with van der Waals surface area (Å²) in [6, 6.07) is 24.3. The number of aliphatic hydroxyl groups is 1. The van der Waals surface area contributed by atoms with Crippen LogP contribution in [0.2, 0.25) is 0 Å². The van der Waals surface area contributed by atoms with Crippen molar-refractivity contribution in [3.8, 4) is 11.1 Å². The minimum Gasteiger partial charge on any atom is -0.465 e. The van der Waals surface area contributed by atoms with Gasteiger partial charge in [0.1, 0.15) is 0 Å². The van der Waals surface area contributed by atoms with Crippen LogP contribution in [-0.2, 0) is 12.8 Å². The number of benzene rings is 3. The van der Waals surface area contributed by atoms with Crippen LogP contribution < -0.4 is 0 Å². The second kappa shape index (κ2) is 7.62. The van der Waals surface area contributed by atoms with E-state index in [-0.39, 0.29) is 18.4 Å². The number of hydrogen-bond donors (Lipinski definition) is 2. The second-order valence-corrected chi connectivity index (χ2v) is 8.35. The first-order chi connectivity index (χ1) is 14.7. The topological polar surface area (TPSA) is 60.8 Å². The van der Waals surface area contributed by atoms with Gasteiger partial charge in [-0.2, -0.15) is 0 Å². The molecule has 2 N–H and O–H groups in total. The fraction of sp³-hybridized carbons (Fsp3) is 0.269. The van der Waals surface area contributed by atoms with Crippen LogP contribution >= 0.6 is 0 Å². The van der Waals surface area contributed by atoms with Gasteiger partial charge in [-0.05, 0) is 52.1 Å². The molecule has 0 bridgehead atoms. The quantitative estimate of drug-likeness (QED) is 0.661. The van der Waals surface area contributed by atoms with Crippen molar-refractivity contribution in [2.75, 3.05) is 13.2 Å². The molecule has 0 saturated heterocycles. The van der Waals surface area contributed by atoms with E-state index in [9.17, 15) is 15.0 Å². The Hall–Kier alpha value is -3.11. The van der Waals surface area contributed by atoms with Gasteiger partial charge >= 0.3 is 6.09 Å². The molecular formula is C26H25NO3. The molecule has 5 rings (SSSR count). The maximum atomic E-state index is 12.4. The largest absolute Gasteiger partial charge is 0.465 e. The molecular weight excluding hydrogens is 374 g/mol. The summed E-state index contributed by atoms with van der Waals surface area (Å²) in [5, 5.41) is 20.4. The van der Waals surface area contributed by atoms with Gasteiger partial charge in [0.05, 0.1) is 12.6 Å². The molecule has 3 aromatic rings. The summed E-state index contributed by atoms with van der Waals surface area (Å²) >= 11 is 0. The molecule has 0 heterocycles. The molecule has 4 heteroatoms. The molecule has 3 aromatic carbocycles. The molecule has 1 amide bonds. The van der Waals surface area contributed by atoms with Crippen molar-refractivity contribution < 1.29 is 15.0 Å². The lowest BCUT2D eigenvalue weighted by Gasteiger charge is -2.34. The van der Waals surface area contributed by atoms with E-state index in [4.69, 9.17) is 0 Å². The SMILES string of the molecule is O=C(O)N(CC1c2ccccc2-c2ccccc21)[C@H](CO)C1Cc2ccccc2C1. The number of hydrogen-bond acceptors (Lipinski definition) is 2. The Morgan fingerprint density at radius 2 is 1.37 bits per heavy atom. The van der Waals surface area contributed by atoms with Gasteiger partial charge < -0.3 is 15.1 Å². The molecule has 0 unspecified atom stereocenters. The number of aliphatic hydroxyl groups excluding tert-OH is 1. The van der Waals surface area contributed by atoms with Crippen LogP contribution in [0.3, 0.4) is 0 Å². The Bertz CT molecular complexity index is 1020. The first kappa shape index (κ1) is 18.9. The van der Waals surface area contributed by atoms with Crippen molar-refractivity contribution in [1.29, 1.82) is 0 Å². The molecule has 2 aliphatic carbocycles. The Morgan fingerprint density at radius 3 is 1.87 bits per heavy atom. The Morgan fingerprint density at radius 1 is 0.867 bits per heavy atom. The van der Waals surface area contributed by atoms with Crippen LogP contribution in [-0.4, -0.2) is 40.4 Å². The average molecular weight is 399 g/mol. The second-order valence-electron chi connectivity index (χ2n) is 8.35. The normalized spacial score (nSPS) is 16.0.